The van der Waals surface area contributed by atoms with E-state index in [-0.39, 0.29) is 17.0 Å². The Labute approximate surface area is 154 Å². The number of hydrogen-bond acceptors (Lipinski definition) is 5. The van der Waals surface area contributed by atoms with Crippen LogP contribution in [0.25, 0.3) is 11.3 Å². The maximum Gasteiger partial charge on any atom is 0.203 e. The lowest BCUT2D eigenvalue weighted by Gasteiger charge is -1.96. The summed E-state index contributed by atoms with van der Waals surface area (Å²) in [6.07, 6.45) is 3.31. The van der Waals surface area contributed by atoms with Crippen LogP contribution in [0.1, 0.15) is 5.69 Å². The van der Waals surface area contributed by atoms with Crippen molar-refractivity contribution in [2.24, 2.45) is 5.10 Å². The lowest BCUT2D eigenvalue weighted by molar-refractivity contribution is 1.08. The number of rotatable bonds is 4. The summed E-state index contributed by atoms with van der Waals surface area (Å²) in [4.78, 5) is 4.46. The van der Waals surface area contributed by atoms with Crippen LogP contribution in [0.4, 0.5) is 5.13 Å². The van der Waals surface area contributed by atoms with Crippen LogP contribution in [0.5, 0.6) is 0 Å². The Hall–Kier alpha value is -1.22. The normalized spacial score (nSPS) is 10.6. The zero-order valence-electron chi connectivity index (χ0n) is 11.0. The van der Waals surface area contributed by atoms with E-state index in [1.807, 2.05) is 29.6 Å². The summed E-state index contributed by atoms with van der Waals surface area (Å²) in [6.45, 7) is 0. The second kappa shape index (κ2) is 7.87. The van der Waals surface area contributed by atoms with Crippen LogP contribution in [-0.2, 0) is 0 Å². The molecule has 3 rings (SSSR count). The van der Waals surface area contributed by atoms with E-state index in [9.17, 15) is 0 Å². The first-order chi connectivity index (χ1) is 10.2. The number of aromatic nitrogens is 3. The Bertz CT molecular complexity index is 769. The highest BCUT2D eigenvalue weighted by atomic mass is 79.9. The average molecular weight is 464 g/mol. The van der Waals surface area contributed by atoms with Gasteiger partial charge in [0.2, 0.25) is 5.13 Å². The van der Waals surface area contributed by atoms with Crippen molar-refractivity contribution in [3.63, 3.8) is 0 Å². The summed E-state index contributed by atoms with van der Waals surface area (Å²) in [7, 11) is 0. The Balaban J connectivity index is 0.00000176. The first-order valence-corrected chi connectivity index (χ1v) is 7.97. The minimum atomic E-state index is 0. The smallest absolute Gasteiger partial charge is 0.203 e. The van der Waals surface area contributed by atoms with Crippen molar-refractivity contribution in [3.8, 4) is 11.3 Å². The van der Waals surface area contributed by atoms with Gasteiger partial charge in [-0.25, -0.2) is 4.98 Å². The SMILES string of the molecule is Br.Clc1ccc(-c2csc(NN=Cc3[nH]ncc3Br)n2)cc1. The van der Waals surface area contributed by atoms with Gasteiger partial charge in [-0.2, -0.15) is 10.2 Å². The second-order valence-electron chi connectivity index (χ2n) is 4.05. The Morgan fingerprint density at radius 2 is 2.09 bits per heavy atom. The largest absolute Gasteiger partial charge is 0.276 e. The van der Waals surface area contributed by atoms with Crippen LogP contribution < -0.4 is 5.43 Å². The van der Waals surface area contributed by atoms with Crippen LogP contribution in [-0.4, -0.2) is 21.4 Å². The molecule has 1 aromatic carbocycles. The molecule has 0 amide bonds. The number of hydrogen-bond donors (Lipinski definition) is 2. The standard InChI is InChI=1S/C13H9BrClN5S.BrH/c14-10-5-16-19-11(10)6-17-20-13-18-12(7-21-13)8-1-3-9(15)4-2-8;/h1-7H,(H,16,19)(H,18,20);1H. The first kappa shape index (κ1) is 17.1. The van der Waals surface area contributed by atoms with Gasteiger partial charge in [-0.1, -0.05) is 23.7 Å². The molecule has 3 aromatic rings. The van der Waals surface area contributed by atoms with E-state index < -0.39 is 0 Å². The molecular formula is C13H10Br2ClN5S. The quantitative estimate of drug-likeness (QED) is 0.424. The van der Waals surface area contributed by atoms with Crippen LogP contribution in [0.15, 0.2) is 45.4 Å². The highest BCUT2D eigenvalue weighted by molar-refractivity contribution is 9.10. The summed E-state index contributed by atoms with van der Waals surface area (Å²) in [5.41, 5.74) is 5.59. The third kappa shape index (κ3) is 4.16. The highest BCUT2D eigenvalue weighted by Crippen LogP contribution is 2.25. The van der Waals surface area contributed by atoms with E-state index in [2.05, 4.69) is 41.6 Å². The monoisotopic (exact) mass is 461 g/mol. The predicted octanol–water partition coefficient (Wildman–Crippen LogP) is 4.97. The predicted molar refractivity (Wildman–Crippen MR) is 100 cm³/mol. The minimum Gasteiger partial charge on any atom is -0.276 e. The van der Waals surface area contributed by atoms with Gasteiger partial charge in [0.25, 0.3) is 0 Å². The minimum absolute atomic E-state index is 0. The Morgan fingerprint density at radius 3 is 2.77 bits per heavy atom. The summed E-state index contributed by atoms with van der Waals surface area (Å²) < 4.78 is 0.856. The van der Waals surface area contributed by atoms with Crippen molar-refractivity contribution in [2.45, 2.75) is 0 Å². The number of thiazole rings is 1. The molecule has 0 bridgehead atoms. The van der Waals surface area contributed by atoms with E-state index in [0.717, 1.165) is 21.4 Å². The van der Waals surface area contributed by atoms with Gasteiger partial charge in [-0.05, 0) is 28.1 Å². The molecule has 0 spiro atoms. The fourth-order valence-electron chi connectivity index (χ4n) is 1.60. The third-order valence-electron chi connectivity index (χ3n) is 2.62. The molecule has 2 aromatic heterocycles. The maximum atomic E-state index is 5.87. The van der Waals surface area contributed by atoms with E-state index >= 15 is 0 Å². The molecule has 0 saturated carbocycles. The van der Waals surface area contributed by atoms with Crippen molar-refractivity contribution in [3.05, 3.63) is 51.0 Å². The van der Waals surface area contributed by atoms with Gasteiger partial charge in [0.05, 0.1) is 28.3 Å². The fraction of sp³-hybridized carbons (Fsp3) is 0. The van der Waals surface area contributed by atoms with Gasteiger partial charge in [-0.3, -0.25) is 10.5 Å². The third-order valence-corrected chi connectivity index (χ3v) is 4.25. The molecule has 2 heterocycles. The number of H-pyrrole nitrogens is 1. The van der Waals surface area contributed by atoms with Crippen molar-refractivity contribution < 1.29 is 0 Å². The molecule has 5 nitrogen and oxygen atoms in total. The topological polar surface area (TPSA) is 66.0 Å². The van der Waals surface area contributed by atoms with Crippen molar-refractivity contribution in [2.75, 3.05) is 5.43 Å². The van der Waals surface area contributed by atoms with Crippen molar-refractivity contribution in [1.82, 2.24) is 15.2 Å². The molecule has 2 N–H and O–H groups in total. The van der Waals surface area contributed by atoms with Gasteiger partial charge in [0.15, 0.2) is 0 Å². The number of hydrazone groups is 1. The second-order valence-corrected chi connectivity index (χ2v) is 6.20. The number of aromatic amines is 1. The highest BCUT2D eigenvalue weighted by Gasteiger charge is 2.04. The van der Waals surface area contributed by atoms with E-state index in [1.165, 1.54) is 11.3 Å². The fourth-order valence-corrected chi connectivity index (χ4v) is 2.69. The van der Waals surface area contributed by atoms with Crippen LogP contribution in [0.2, 0.25) is 5.02 Å². The molecule has 9 heteroatoms. The summed E-state index contributed by atoms with van der Waals surface area (Å²) in [6, 6.07) is 7.56. The molecule has 0 aliphatic rings. The molecule has 114 valence electrons. The van der Waals surface area contributed by atoms with Crippen LogP contribution in [0.3, 0.4) is 0 Å². The van der Waals surface area contributed by atoms with Crippen molar-refractivity contribution in [1.29, 1.82) is 0 Å². The number of nitrogens with one attached hydrogen (secondary N) is 2. The molecule has 0 unspecified atom stereocenters. The Morgan fingerprint density at radius 1 is 1.32 bits per heavy atom. The zero-order chi connectivity index (χ0) is 14.7. The number of benzene rings is 1. The van der Waals surface area contributed by atoms with Crippen LogP contribution >= 0.6 is 55.8 Å². The van der Waals surface area contributed by atoms with E-state index in [0.29, 0.717) is 10.2 Å². The molecule has 0 radical (unpaired) electrons. The lowest BCUT2D eigenvalue weighted by atomic mass is 10.2. The number of nitrogens with zero attached hydrogens (tertiary/aromatic N) is 3. The van der Waals surface area contributed by atoms with Crippen LogP contribution in [0, 0.1) is 0 Å². The summed E-state index contributed by atoms with van der Waals surface area (Å²) >= 11 is 10.7. The summed E-state index contributed by atoms with van der Waals surface area (Å²) in [5, 5.41) is 14.2. The van der Waals surface area contributed by atoms with Crippen molar-refractivity contribution >= 4 is 67.2 Å². The van der Waals surface area contributed by atoms with Gasteiger partial charge in [0, 0.05) is 16.0 Å². The maximum absolute atomic E-state index is 5.87. The first-order valence-electron chi connectivity index (χ1n) is 5.92. The molecule has 22 heavy (non-hydrogen) atoms. The molecule has 0 fully saturated rings. The van der Waals surface area contributed by atoms with Gasteiger partial charge >= 0.3 is 0 Å². The summed E-state index contributed by atoms with van der Waals surface area (Å²) in [5.74, 6) is 0. The zero-order valence-corrected chi connectivity index (χ0v) is 15.8. The molecule has 0 atom stereocenters. The number of anilines is 1. The van der Waals surface area contributed by atoms with E-state index in [1.54, 1.807) is 12.4 Å². The molecular weight excluding hydrogens is 454 g/mol. The Kier molecular flexibility index (Phi) is 6.13. The van der Waals surface area contributed by atoms with Gasteiger partial charge in [-0.15, -0.1) is 28.3 Å². The van der Waals surface area contributed by atoms with Gasteiger partial charge in [0.1, 0.15) is 0 Å². The molecule has 0 aliphatic heterocycles. The lowest BCUT2D eigenvalue weighted by Crippen LogP contribution is -1.91. The number of halogens is 3. The average Bonchev–Trinajstić information content (AvgIpc) is 3.10. The van der Waals surface area contributed by atoms with E-state index in [4.69, 9.17) is 11.6 Å². The molecule has 0 aliphatic carbocycles. The molecule has 0 saturated heterocycles. The van der Waals surface area contributed by atoms with Gasteiger partial charge < -0.3 is 0 Å².